The molecule has 0 saturated carbocycles. The van der Waals surface area contributed by atoms with Crippen molar-refractivity contribution < 1.29 is 14.3 Å². The molecule has 1 heterocycles. The Kier molecular flexibility index (Phi) is 2.95. The smallest absolute Gasteiger partial charge is 0.255 e. The number of hydrogen-bond acceptors (Lipinski definition) is 4. The maximum atomic E-state index is 12.3. The number of aryl methyl sites for hydroxylation is 1. The van der Waals surface area contributed by atoms with Gasteiger partial charge in [0.05, 0.1) is 11.4 Å². The molecule has 5 nitrogen and oxygen atoms in total. The molecule has 2 aromatic rings. The van der Waals surface area contributed by atoms with E-state index in [1.165, 1.54) is 0 Å². The quantitative estimate of drug-likeness (QED) is 0.822. The molecule has 0 spiro atoms. The van der Waals surface area contributed by atoms with Gasteiger partial charge in [-0.3, -0.25) is 4.79 Å². The number of rotatable bonds is 2. The lowest BCUT2D eigenvalue weighted by Gasteiger charge is -2.11. The van der Waals surface area contributed by atoms with Crippen LogP contribution in [0, 0.1) is 6.92 Å². The van der Waals surface area contributed by atoms with Crippen LogP contribution in [0.4, 0.5) is 11.4 Å². The Morgan fingerprint density at radius 2 is 2.00 bits per heavy atom. The zero-order valence-electron chi connectivity index (χ0n) is 11.0. The number of para-hydroxylation sites is 1. The Hall–Kier alpha value is -2.69. The minimum atomic E-state index is -0.232. The first-order chi connectivity index (χ1) is 9.65. The monoisotopic (exact) mass is 270 g/mol. The van der Waals surface area contributed by atoms with Gasteiger partial charge in [0.2, 0.25) is 6.79 Å². The fourth-order valence-corrected chi connectivity index (χ4v) is 2.08. The number of benzene rings is 2. The van der Waals surface area contributed by atoms with Crippen LogP contribution in [0.2, 0.25) is 0 Å². The summed E-state index contributed by atoms with van der Waals surface area (Å²) < 4.78 is 10.5. The Morgan fingerprint density at radius 3 is 2.80 bits per heavy atom. The van der Waals surface area contributed by atoms with Crippen LogP contribution in [0.25, 0.3) is 0 Å². The van der Waals surface area contributed by atoms with Crippen molar-refractivity contribution in [3.05, 3.63) is 47.5 Å². The third-order valence-electron chi connectivity index (χ3n) is 3.18. The number of nitrogen functional groups attached to an aromatic ring is 1. The first-order valence-electron chi connectivity index (χ1n) is 6.21. The number of fused-ring (bicyclic) bond motifs is 1. The molecule has 0 atom stereocenters. The Bertz CT molecular complexity index is 663. The lowest BCUT2D eigenvalue weighted by molar-refractivity contribution is 0.102. The Morgan fingerprint density at radius 1 is 1.20 bits per heavy atom. The summed E-state index contributed by atoms with van der Waals surface area (Å²) in [6.07, 6.45) is 0. The van der Waals surface area contributed by atoms with Crippen molar-refractivity contribution in [2.45, 2.75) is 6.92 Å². The highest BCUT2D eigenvalue weighted by Crippen LogP contribution is 2.33. The fourth-order valence-electron chi connectivity index (χ4n) is 2.08. The van der Waals surface area contributed by atoms with Gasteiger partial charge < -0.3 is 20.5 Å². The van der Waals surface area contributed by atoms with Crippen LogP contribution >= 0.6 is 0 Å². The van der Waals surface area contributed by atoms with E-state index in [0.717, 1.165) is 5.56 Å². The largest absolute Gasteiger partial charge is 0.454 e. The standard InChI is InChI=1S/C15H14N2O3/c1-9-3-2-4-11(16)14(9)17-15(18)10-5-6-12-13(7-10)20-8-19-12/h2-7H,8,16H2,1H3,(H,17,18). The molecule has 3 N–H and O–H groups in total. The van der Waals surface area contributed by atoms with E-state index in [4.69, 9.17) is 15.2 Å². The minimum Gasteiger partial charge on any atom is -0.454 e. The van der Waals surface area contributed by atoms with Crippen molar-refractivity contribution in [2.75, 3.05) is 17.8 Å². The molecule has 0 fully saturated rings. The molecule has 0 aliphatic carbocycles. The number of amides is 1. The Labute approximate surface area is 116 Å². The normalized spacial score (nSPS) is 12.2. The summed E-state index contributed by atoms with van der Waals surface area (Å²) in [5.41, 5.74) is 8.47. The summed E-state index contributed by atoms with van der Waals surface area (Å²) in [5, 5.41) is 2.83. The second-order valence-electron chi connectivity index (χ2n) is 4.56. The molecule has 3 rings (SSSR count). The molecule has 0 saturated heterocycles. The zero-order chi connectivity index (χ0) is 14.1. The maximum Gasteiger partial charge on any atom is 0.255 e. The van der Waals surface area contributed by atoms with E-state index in [1.54, 1.807) is 24.3 Å². The predicted molar refractivity (Wildman–Crippen MR) is 76.1 cm³/mol. The van der Waals surface area contributed by atoms with Crippen molar-refractivity contribution in [3.8, 4) is 11.5 Å². The predicted octanol–water partition coefficient (Wildman–Crippen LogP) is 2.56. The van der Waals surface area contributed by atoms with Crippen LogP contribution in [0.1, 0.15) is 15.9 Å². The highest BCUT2D eigenvalue weighted by molar-refractivity contribution is 6.06. The van der Waals surface area contributed by atoms with Gasteiger partial charge in [-0.2, -0.15) is 0 Å². The van der Waals surface area contributed by atoms with Crippen LogP contribution in [-0.2, 0) is 0 Å². The molecule has 20 heavy (non-hydrogen) atoms. The number of nitrogens with one attached hydrogen (secondary N) is 1. The van der Waals surface area contributed by atoms with Crippen LogP contribution in [0.15, 0.2) is 36.4 Å². The third kappa shape index (κ3) is 2.14. The van der Waals surface area contributed by atoms with Gasteiger partial charge in [-0.25, -0.2) is 0 Å². The lowest BCUT2D eigenvalue weighted by Crippen LogP contribution is -2.14. The molecule has 0 unspecified atom stereocenters. The summed E-state index contributed by atoms with van der Waals surface area (Å²) in [5.74, 6) is 0.997. The lowest BCUT2D eigenvalue weighted by atomic mass is 10.1. The average Bonchev–Trinajstić information content (AvgIpc) is 2.90. The van der Waals surface area contributed by atoms with E-state index in [0.29, 0.717) is 28.4 Å². The molecular formula is C15H14N2O3. The summed E-state index contributed by atoms with van der Waals surface area (Å²) in [6, 6.07) is 10.6. The van der Waals surface area contributed by atoms with Crippen molar-refractivity contribution in [2.24, 2.45) is 0 Å². The second-order valence-corrected chi connectivity index (χ2v) is 4.56. The van der Waals surface area contributed by atoms with Crippen molar-refractivity contribution >= 4 is 17.3 Å². The second kappa shape index (κ2) is 4.77. The molecule has 1 aliphatic rings. The van der Waals surface area contributed by atoms with Crippen LogP contribution in [0.5, 0.6) is 11.5 Å². The topological polar surface area (TPSA) is 73.6 Å². The maximum absolute atomic E-state index is 12.3. The highest BCUT2D eigenvalue weighted by Gasteiger charge is 2.17. The number of ether oxygens (including phenoxy) is 2. The zero-order valence-corrected chi connectivity index (χ0v) is 11.0. The summed E-state index contributed by atoms with van der Waals surface area (Å²) in [6.45, 7) is 2.08. The first kappa shape index (κ1) is 12.3. The SMILES string of the molecule is Cc1cccc(N)c1NC(=O)c1ccc2c(c1)OCO2. The van der Waals surface area contributed by atoms with Gasteiger partial charge in [0.25, 0.3) is 5.91 Å². The van der Waals surface area contributed by atoms with Crippen molar-refractivity contribution in [1.29, 1.82) is 0 Å². The molecule has 5 heteroatoms. The van der Waals surface area contributed by atoms with E-state index in [9.17, 15) is 4.79 Å². The van der Waals surface area contributed by atoms with Crippen molar-refractivity contribution in [3.63, 3.8) is 0 Å². The number of anilines is 2. The number of hydrogen-bond donors (Lipinski definition) is 2. The molecular weight excluding hydrogens is 256 g/mol. The number of carbonyl (C=O) groups excluding carboxylic acids is 1. The molecule has 0 bridgehead atoms. The van der Waals surface area contributed by atoms with Gasteiger partial charge in [0.15, 0.2) is 11.5 Å². The molecule has 1 amide bonds. The van der Waals surface area contributed by atoms with Gasteiger partial charge in [0.1, 0.15) is 0 Å². The highest BCUT2D eigenvalue weighted by atomic mass is 16.7. The molecule has 1 aliphatic heterocycles. The first-order valence-corrected chi connectivity index (χ1v) is 6.21. The molecule has 0 radical (unpaired) electrons. The molecule has 2 aromatic carbocycles. The van der Waals surface area contributed by atoms with Crippen LogP contribution < -0.4 is 20.5 Å². The van der Waals surface area contributed by atoms with E-state index < -0.39 is 0 Å². The van der Waals surface area contributed by atoms with Crippen LogP contribution in [0.3, 0.4) is 0 Å². The number of nitrogens with two attached hydrogens (primary N) is 1. The average molecular weight is 270 g/mol. The van der Waals surface area contributed by atoms with E-state index in [-0.39, 0.29) is 12.7 Å². The summed E-state index contributed by atoms with van der Waals surface area (Å²) >= 11 is 0. The third-order valence-corrected chi connectivity index (χ3v) is 3.18. The van der Waals surface area contributed by atoms with Gasteiger partial charge in [-0.15, -0.1) is 0 Å². The molecule has 0 aromatic heterocycles. The van der Waals surface area contributed by atoms with E-state index in [1.807, 2.05) is 19.1 Å². The summed E-state index contributed by atoms with van der Waals surface area (Å²) in [7, 11) is 0. The van der Waals surface area contributed by atoms with E-state index >= 15 is 0 Å². The van der Waals surface area contributed by atoms with Gasteiger partial charge in [-0.1, -0.05) is 12.1 Å². The summed E-state index contributed by atoms with van der Waals surface area (Å²) in [4.78, 5) is 12.3. The van der Waals surface area contributed by atoms with E-state index in [2.05, 4.69) is 5.32 Å². The van der Waals surface area contributed by atoms with Gasteiger partial charge in [0, 0.05) is 5.56 Å². The fraction of sp³-hybridized carbons (Fsp3) is 0.133. The minimum absolute atomic E-state index is 0.186. The van der Waals surface area contributed by atoms with Gasteiger partial charge >= 0.3 is 0 Å². The number of carbonyl (C=O) groups is 1. The van der Waals surface area contributed by atoms with Gasteiger partial charge in [-0.05, 0) is 36.8 Å². The Balaban J connectivity index is 1.86. The van der Waals surface area contributed by atoms with Crippen molar-refractivity contribution in [1.82, 2.24) is 0 Å². The molecule has 102 valence electrons. The van der Waals surface area contributed by atoms with Crippen LogP contribution in [-0.4, -0.2) is 12.7 Å².